The van der Waals surface area contributed by atoms with E-state index in [9.17, 15) is 0 Å². The number of hydrogen-bond acceptors (Lipinski definition) is 4. The Hall–Kier alpha value is -1.78. The summed E-state index contributed by atoms with van der Waals surface area (Å²) in [5.74, 6) is 1.77. The number of furan rings is 1. The molecule has 0 unspecified atom stereocenters. The summed E-state index contributed by atoms with van der Waals surface area (Å²) in [6.45, 7) is 2.06. The van der Waals surface area contributed by atoms with Crippen LogP contribution in [0.25, 0.3) is 0 Å². The molecule has 102 valence electrons. The first kappa shape index (κ1) is 13.6. The lowest BCUT2D eigenvalue weighted by Crippen LogP contribution is -2.18. The molecule has 0 aliphatic rings. The third-order valence-corrected chi connectivity index (χ3v) is 3.10. The van der Waals surface area contributed by atoms with Crippen molar-refractivity contribution in [2.45, 2.75) is 19.6 Å². The Labute approximate surface area is 113 Å². The minimum Gasteiger partial charge on any atom is -0.496 e. The van der Waals surface area contributed by atoms with Crippen LogP contribution in [0.5, 0.6) is 5.75 Å². The van der Waals surface area contributed by atoms with Crippen LogP contribution in [-0.4, -0.2) is 19.1 Å². The molecule has 4 heteroatoms. The van der Waals surface area contributed by atoms with Crippen molar-refractivity contribution in [2.75, 3.05) is 14.2 Å². The largest absolute Gasteiger partial charge is 0.496 e. The monoisotopic (exact) mass is 260 g/mol. The molecular weight excluding hydrogens is 240 g/mol. The second-order valence-electron chi connectivity index (χ2n) is 4.56. The number of nitrogens with two attached hydrogens (primary N) is 1. The van der Waals surface area contributed by atoms with E-state index < -0.39 is 0 Å². The van der Waals surface area contributed by atoms with Crippen molar-refractivity contribution in [3.05, 3.63) is 53.5 Å². The van der Waals surface area contributed by atoms with Gasteiger partial charge in [-0.15, -0.1) is 0 Å². The van der Waals surface area contributed by atoms with Gasteiger partial charge in [0.25, 0.3) is 0 Å². The van der Waals surface area contributed by atoms with Gasteiger partial charge in [0.15, 0.2) is 0 Å². The van der Waals surface area contributed by atoms with Crippen molar-refractivity contribution in [2.24, 2.45) is 5.73 Å². The number of ether oxygens (including phenoxy) is 1. The van der Waals surface area contributed by atoms with Gasteiger partial charge in [-0.05, 0) is 19.2 Å². The van der Waals surface area contributed by atoms with Crippen LogP contribution in [0.2, 0.25) is 0 Å². The van der Waals surface area contributed by atoms with Crippen LogP contribution in [0.15, 0.2) is 41.0 Å². The van der Waals surface area contributed by atoms with Gasteiger partial charge in [0, 0.05) is 24.2 Å². The average Bonchev–Trinajstić information content (AvgIpc) is 2.86. The Morgan fingerprint density at radius 2 is 1.89 bits per heavy atom. The highest BCUT2D eigenvalue weighted by atomic mass is 16.5. The molecule has 0 saturated heterocycles. The fraction of sp³-hybridized carbons (Fsp3) is 0.333. The van der Waals surface area contributed by atoms with E-state index in [2.05, 4.69) is 18.0 Å². The van der Waals surface area contributed by atoms with Gasteiger partial charge in [-0.25, -0.2) is 0 Å². The summed E-state index contributed by atoms with van der Waals surface area (Å²) in [6, 6.07) is 10.0. The quantitative estimate of drug-likeness (QED) is 0.866. The number of methoxy groups -OCH3 is 1. The highest BCUT2D eigenvalue weighted by Crippen LogP contribution is 2.20. The molecule has 0 fully saturated rings. The Balaban J connectivity index is 2.03. The fourth-order valence-electron chi connectivity index (χ4n) is 2.16. The van der Waals surface area contributed by atoms with E-state index in [1.54, 1.807) is 13.4 Å². The first-order valence-corrected chi connectivity index (χ1v) is 6.30. The Morgan fingerprint density at radius 1 is 1.16 bits per heavy atom. The average molecular weight is 260 g/mol. The first-order valence-electron chi connectivity index (χ1n) is 6.30. The van der Waals surface area contributed by atoms with E-state index >= 15 is 0 Å². The second-order valence-corrected chi connectivity index (χ2v) is 4.56. The van der Waals surface area contributed by atoms with Crippen LogP contribution >= 0.6 is 0 Å². The van der Waals surface area contributed by atoms with Crippen LogP contribution in [0.3, 0.4) is 0 Å². The maximum atomic E-state index is 5.64. The lowest BCUT2D eigenvalue weighted by molar-refractivity contribution is 0.307. The van der Waals surface area contributed by atoms with E-state index in [0.717, 1.165) is 30.2 Å². The molecule has 19 heavy (non-hydrogen) atoms. The standard InChI is InChI=1S/C15H20N2O2/c1-17(11-13-7-8-19-15(13)9-16)10-12-5-3-4-6-14(12)18-2/h3-8H,9-11,16H2,1-2H3. The number of nitrogens with zero attached hydrogens (tertiary/aromatic N) is 1. The third kappa shape index (κ3) is 3.36. The number of benzene rings is 1. The third-order valence-electron chi connectivity index (χ3n) is 3.10. The van der Waals surface area contributed by atoms with Crippen molar-refractivity contribution < 1.29 is 9.15 Å². The molecule has 4 nitrogen and oxygen atoms in total. The van der Waals surface area contributed by atoms with Crippen LogP contribution < -0.4 is 10.5 Å². The summed E-state index contributed by atoms with van der Waals surface area (Å²) >= 11 is 0. The van der Waals surface area contributed by atoms with E-state index in [-0.39, 0.29) is 0 Å². The van der Waals surface area contributed by atoms with Gasteiger partial charge in [-0.3, -0.25) is 4.90 Å². The molecule has 1 heterocycles. The zero-order chi connectivity index (χ0) is 13.7. The Morgan fingerprint density at radius 3 is 2.63 bits per heavy atom. The molecule has 1 aromatic heterocycles. The minimum atomic E-state index is 0.435. The molecule has 1 aromatic carbocycles. The predicted octanol–water partition coefficient (Wildman–Crippen LogP) is 2.38. The minimum absolute atomic E-state index is 0.435. The molecule has 0 spiro atoms. The van der Waals surface area contributed by atoms with Crippen molar-refractivity contribution in [3.8, 4) is 5.75 Å². The maximum Gasteiger partial charge on any atom is 0.123 e. The highest BCUT2D eigenvalue weighted by Gasteiger charge is 2.10. The Kier molecular flexibility index (Phi) is 4.60. The summed E-state index contributed by atoms with van der Waals surface area (Å²) < 4.78 is 10.7. The molecule has 2 rings (SSSR count). The molecular formula is C15H20N2O2. The molecule has 0 aliphatic carbocycles. The normalized spacial score (nSPS) is 10.9. The van der Waals surface area contributed by atoms with E-state index in [4.69, 9.17) is 14.9 Å². The summed E-state index contributed by atoms with van der Waals surface area (Å²) in [7, 11) is 3.77. The van der Waals surface area contributed by atoms with Crippen molar-refractivity contribution in [3.63, 3.8) is 0 Å². The van der Waals surface area contributed by atoms with E-state index in [1.807, 2.05) is 24.3 Å². The van der Waals surface area contributed by atoms with Crippen molar-refractivity contribution >= 4 is 0 Å². The molecule has 0 aliphatic heterocycles. The van der Waals surface area contributed by atoms with E-state index in [0.29, 0.717) is 6.54 Å². The van der Waals surface area contributed by atoms with Crippen molar-refractivity contribution in [1.29, 1.82) is 0 Å². The first-order chi connectivity index (χ1) is 9.24. The predicted molar refractivity (Wildman–Crippen MR) is 74.8 cm³/mol. The maximum absolute atomic E-state index is 5.64. The molecule has 0 radical (unpaired) electrons. The zero-order valence-corrected chi connectivity index (χ0v) is 11.4. The molecule has 2 aromatic rings. The Bertz CT molecular complexity index is 522. The smallest absolute Gasteiger partial charge is 0.123 e. The lowest BCUT2D eigenvalue weighted by Gasteiger charge is -2.18. The van der Waals surface area contributed by atoms with Gasteiger partial charge < -0.3 is 14.9 Å². The highest BCUT2D eigenvalue weighted by molar-refractivity contribution is 5.33. The van der Waals surface area contributed by atoms with Crippen LogP contribution in [0.4, 0.5) is 0 Å². The van der Waals surface area contributed by atoms with E-state index in [1.165, 1.54) is 5.56 Å². The SMILES string of the molecule is COc1ccccc1CN(C)Cc1ccoc1CN. The molecule has 0 bridgehead atoms. The van der Waals surface area contributed by atoms with Crippen LogP contribution in [0, 0.1) is 0 Å². The summed E-state index contributed by atoms with van der Waals surface area (Å²) in [6.07, 6.45) is 1.69. The van der Waals surface area contributed by atoms with Crippen LogP contribution in [0.1, 0.15) is 16.9 Å². The molecule has 2 N–H and O–H groups in total. The van der Waals surface area contributed by atoms with Crippen molar-refractivity contribution in [1.82, 2.24) is 4.90 Å². The second kappa shape index (κ2) is 6.41. The van der Waals surface area contributed by atoms with Gasteiger partial charge in [0.05, 0.1) is 19.9 Å². The number of rotatable bonds is 6. The molecule has 0 amide bonds. The fourth-order valence-corrected chi connectivity index (χ4v) is 2.16. The van der Waals surface area contributed by atoms with Gasteiger partial charge in [0.1, 0.15) is 11.5 Å². The van der Waals surface area contributed by atoms with Gasteiger partial charge >= 0.3 is 0 Å². The molecule has 0 saturated carbocycles. The lowest BCUT2D eigenvalue weighted by atomic mass is 10.1. The molecule has 0 atom stereocenters. The van der Waals surface area contributed by atoms with Gasteiger partial charge in [-0.1, -0.05) is 18.2 Å². The summed E-state index contributed by atoms with van der Waals surface area (Å²) in [5, 5.41) is 0. The zero-order valence-electron chi connectivity index (χ0n) is 11.4. The van der Waals surface area contributed by atoms with Crippen LogP contribution in [-0.2, 0) is 19.6 Å². The summed E-state index contributed by atoms with van der Waals surface area (Å²) in [4.78, 5) is 2.21. The van der Waals surface area contributed by atoms with Gasteiger partial charge in [-0.2, -0.15) is 0 Å². The van der Waals surface area contributed by atoms with Gasteiger partial charge in [0.2, 0.25) is 0 Å². The number of hydrogen-bond donors (Lipinski definition) is 1. The summed E-state index contributed by atoms with van der Waals surface area (Å²) in [5.41, 5.74) is 7.95. The topological polar surface area (TPSA) is 51.6 Å². The number of para-hydroxylation sites is 1.